The fourth-order valence-corrected chi connectivity index (χ4v) is 2.49. The minimum atomic E-state index is -0.0808. The summed E-state index contributed by atoms with van der Waals surface area (Å²) in [6.45, 7) is 5.80. The van der Waals surface area contributed by atoms with Gasteiger partial charge in [-0.15, -0.1) is 0 Å². The van der Waals surface area contributed by atoms with Crippen LogP contribution in [-0.2, 0) is 9.53 Å². The van der Waals surface area contributed by atoms with E-state index < -0.39 is 0 Å². The lowest BCUT2D eigenvalue weighted by Crippen LogP contribution is -2.50. The molecule has 1 aliphatic carbocycles. The first-order valence-corrected chi connectivity index (χ1v) is 6.42. The van der Waals surface area contributed by atoms with E-state index >= 15 is 0 Å². The Hall–Kier alpha value is -0.610. The second-order valence-electron chi connectivity index (χ2n) is 4.81. The Bertz CT molecular complexity index is 233. The largest absolute Gasteiger partial charge is 0.461 e. The second-order valence-corrected chi connectivity index (χ2v) is 4.81. The van der Waals surface area contributed by atoms with Crippen LogP contribution >= 0.6 is 0 Å². The minimum absolute atomic E-state index is 0.0335. The van der Waals surface area contributed by atoms with Crippen molar-refractivity contribution in [2.45, 2.75) is 44.8 Å². The van der Waals surface area contributed by atoms with Gasteiger partial charge in [0.15, 0.2) is 0 Å². The van der Waals surface area contributed by atoms with Crippen molar-refractivity contribution in [3.8, 4) is 0 Å². The summed E-state index contributed by atoms with van der Waals surface area (Å²) in [5, 5.41) is 3.29. The Balaban J connectivity index is 1.78. The number of hydrogen-bond acceptors (Lipinski definition) is 4. The molecule has 0 aromatic carbocycles. The van der Waals surface area contributed by atoms with E-state index in [1.54, 1.807) is 0 Å². The molecule has 2 aliphatic rings. The van der Waals surface area contributed by atoms with Crippen LogP contribution in [0, 0.1) is 0 Å². The standard InChI is InChI=1S/C12H22N2O2/c1-10(14-8-6-13-7-9-14)12(15)16-11-4-2-3-5-11/h10-11,13H,2-9H2,1H3. The van der Waals surface area contributed by atoms with Crippen LogP contribution in [0.2, 0.25) is 0 Å². The fourth-order valence-electron chi connectivity index (χ4n) is 2.49. The Morgan fingerprint density at radius 3 is 2.56 bits per heavy atom. The van der Waals surface area contributed by atoms with Crippen LogP contribution in [0.25, 0.3) is 0 Å². The van der Waals surface area contributed by atoms with Crippen LogP contribution in [0.15, 0.2) is 0 Å². The van der Waals surface area contributed by atoms with Gasteiger partial charge in [0, 0.05) is 26.2 Å². The zero-order valence-electron chi connectivity index (χ0n) is 10.1. The van der Waals surface area contributed by atoms with Gasteiger partial charge in [0.05, 0.1) is 0 Å². The predicted octanol–water partition coefficient (Wildman–Crippen LogP) is 0.766. The highest BCUT2D eigenvalue weighted by Crippen LogP contribution is 2.21. The van der Waals surface area contributed by atoms with Gasteiger partial charge in [-0.3, -0.25) is 9.69 Å². The molecule has 1 saturated carbocycles. The van der Waals surface area contributed by atoms with Crippen molar-refractivity contribution in [3.63, 3.8) is 0 Å². The van der Waals surface area contributed by atoms with Gasteiger partial charge in [0.25, 0.3) is 0 Å². The lowest BCUT2D eigenvalue weighted by atomic mass is 10.2. The Morgan fingerprint density at radius 1 is 1.31 bits per heavy atom. The molecule has 4 heteroatoms. The number of hydrogen-bond donors (Lipinski definition) is 1. The molecule has 2 fully saturated rings. The first-order chi connectivity index (χ1) is 7.77. The van der Waals surface area contributed by atoms with E-state index in [1.807, 2.05) is 6.92 Å². The van der Waals surface area contributed by atoms with Crippen LogP contribution < -0.4 is 5.32 Å². The molecule has 4 nitrogen and oxygen atoms in total. The second kappa shape index (κ2) is 5.64. The van der Waals surface area contributed by atoms with Crippen LogP contribution in [0.4, 0.5) is 0 Å². The molecule has 92 valence electrons. The smallest absolute Gasteiger partial charge is 0.323 e. The normalized spacial score (nSPS) is 25.6. The lowest BCUT2D eigenvalue weighted by Gasteiger charge is -2.31. The van der Waals surface area contributed by atoms with Crippen LogP contribution in [0.1, 0.15) is 32.6 Å². The number of nitrogens with zero attached hydrogens (tertiary/aromatic N) is 1. The molecule has 0 bridgehead atoms. The molecule has 1 unspecified atom stereocenters. The molecule has 1 heterocycles. The summed E-state index contributed by atoms with van der Waals surface area (Å²) in [6.07, 6.45) is 4.72. The number of carbonyl (C=O) groups excluding carboxylic acids is 1. The van der Waals surface area contributed by atoms with E-state index in [1.165, 1.54) is 12.8 Å². The third kappa shape index (κ3) is 2.95. The number of rotatable bonds is 3. The van der Waals surface area contributed by atoms with E-state index in [2.05, 4.69) is 10.2 Å². The van der Waals surface area contributed by atoms with E-state index in [4.69, 9.17) is 4.74 Å². The maximum absolute atomic E-state index is 11.9. The third-order valence-electron chi connectivity index (χ3n) is 3.63. The van der Waals surface area contributed by atoms with Gasteiger partial charge < -0.3 is 10.1 Å². The van der Waals surface area contributed by atoms with Crippen molar-refractivity contribution in [3.05, 3.63) is 0 Å². The highest BCUT2D eigenvalue weighted by molar-refractivity contribution is 5.75. The summed E-state index contributed by atoms with van der Waals surface area (Å²) in [5.74, 6) is -0.0335. The Kier molecular flexibility index (Phi) is 4.18. The number of esters is 1. The predicted molar refractivity (Wildman–Crippen MR) is 62.3 cm³/mol. The fraction of sp³-hybridized carbons (Fsp3) is 0.917. The van der Waals surface area contributed by atoms with Crippen molar-refractivity contribution in [1.29, 1.82) is 0 Å². The summed E-state index contributed by atoms with van der Waals surface area (Å²) in [7, 11) is 0. The average Bonchev–Trinajstić information content (AvgIpc) is 2.82. The highest BCUT2D eigenvalue weighted by Gasteiger charge is 2.27. The first kappa shape index (κ1) is 11.9. The number of ether oxygens (including phenoxy) is 1. The number of carbonyl (C=O) groups is 1. The zero-order valence-corrected chi connectivity index (χ0v) is 10.1. The highest BCUT2D eigenvalue weighted by atomic mass is 16.5. The Labute approximate surface area is 97.3 Å². The number of nitrogens with one attached hydrogen (secondary N) is 1. The molecule has 16 heavy (non-hydrogen) atoms. The Morgan fingerprint density at radius 2 is 1.94 bits per heavy atom. The molecule has 1 saturated heterocycles. The van der Waals surface area contributed by atoms with Crippen LogP contribution in [-0.4, -0.2) is 49.2 Å². The quantitative estimate of drug-likeness (QED) is 0.722. The SMILES string of the molecule is CC(C(=O)OC1CCCC1)N1CCNCC1. The summed E-state index contributed by atoms with van der Waals surface area (Å²) in [4.78, 5) is 14.1. The van der Waals surface area contributed by atoms with Gasteiger partial charge in [-0.25, -0.2) is 0 Å². The average molecular weight is 226 g/mol. The van der Waals surface area contributed by atoms with Gasteiger partial charge in [-0.05, 0) is 32.6 Å². The van der Waals surface area contributed by atoms with Crippen molar-refractivity contribution in [2.24, 2.45) is 0 Å². The topological polar surface area (TPSA) is 41.6 Å². The summed E-state index contributed by atoms with van der Waals surface area (Å²) < 4.78 is 5.53. The number of piperazine rings is 1. The first-order valence-electron chi connectivity index (χ1n) is 6.42. The van der Waals surface area contributed by atoms with E-state index in [0.717, 1.165) is 39.0 Å². The van der Waals surface area contributed by atoms with Crippen molar-refractivity contribution < 1.29 is 9.53 Å². The lowest BCUT2D eigenvalue weighted by molar-refractivity contribution is -0.154. The third-order valence-corrected chi connectivity index (χ3v) is 3.63. The van der Waals surface area contributed by atoms with Crippen molar-refractivity contribution in [2.75, 3.05) is 26.2 Å². The molecule has 0 amide bonds. The monoisotopic (exact) mass is 226 g/mol. The molecular weight excluding hydrogens is 204 g/mol. The molecule has 0 aromatic rings. The molecule has 1 N–H and O–H groups in total. The van der Waals surface area contributed by atoms with Gasteiger partial charge in [0.2, 0.25) is 0 Å². The molecule has 2 rings (SSSR count). The summed E-state index contributed by atoms with van der Waals surface area (Å²) in [6, 6.07) is -0.0808. The molecule has 0 spiro atoms. The van der Waals surface area contributed by atoms with Crippen molar-refractivity contribution >= 4 is 5.97 Å². The van der Waals surface area contributed by atoms with E-state index in [-0.39, 0.29) is 18.1 Å². The maximum atomic E-state index is 11.9. The molecule has 1 aliphatic heterocycles. The van der Waals surface area contributed by atoms with Gasteiger partial charge in [-0.2, -0.15) is 0 Å². The van der Waals surface area contributed by atoms with Crippen LogP contribution in [0.3, 0.4) is 0 Å². The minimum Gasteiger partial charge on any atom is -0.461 e. The molecule has 0 aromatic heterocycles. The zero-order chi connectivity index (χ0) is 11.4. The molecule has 0 radical (unpaired) electrons. The van der Waals surface area contributed by atoms with E-state index in [9.17, 15) is 4.79 Å². The van der Waals surface area contributed by atoms with Crippen LogP contribution in [0.5, 0.6) is 0 Å². The maximum Gasteiger partial charge on any atom is 0.323 e. The molecule has 1 atom stereocenters. The summed E-state index contributed by atoms with van der Waals surface area (Å²) >= 11 is 0. The van der Waals surface area contributed by atoms with E-state index in [0.29, 0.717) is 0 Å². The molecular formula is C12H22N2O2. The summed E-state index contributed by atoms with van der Waals surface area (Å²) in [5.41, 5.74) is 0. The van der Waals surface area contributed by atoms with Gasteiger partial charge in [0.1, 0.15) is 12.1 Å². The van der Waals surface area contributed by atoms with Crippen molar-refractivity contribution in [1.82, 2.24) is 10.2 Å². The van der Waals surface area contributed by atoms with Gasteiger partial charge >= 0.3 is 5.97 Å². The van der Waals surface area contributed by atoms with Gasteiger partial charge in [-0.1, -0.05) is 0 Å².